The summed E-state index contributed by atoms with van der Waals surface area (Å²) in [4.78, 5) is 24.3. The number of nitrogens with one attached hydrogen (secondary N) is 2. The van der Waals surface area contributed by atoms with Gasteiger partial charge in [-0.2, -0.15) is 0 Å². The van der Waals surface area contributed by atoms with Gasteiger partial charge in [0.25, 0.3) is 0 Å². The van der Waals surface area contributed by atoms with Gasteiger partial charge in [-0.05, 0) is 19.1 Å². The Balaban J connectivity index is 1.75. The molecule has 1 heterocycles. The molecule has 1 aliphatic heterocycles. The summed E-state index contributed by atoms with van der Waals surface area (Å²) in [6, 6.07) is 14.3. The highest BCUT2D eigenvalue weighted by Crippen LogP contribution is 2.27. The van der Waals surface area contributed by atoms with E-state index in [4.69, 9.17) is 0 Å². The van der Waals surface area contributed by atoms with E-state index in [0.29, 0.717) is 5.56 Å². The number of Topliss-reactive ketones (excluding diaryl/α,β-unsaturated/α-hetero) is 1. The lowest BCUT2D eigenvalue weighted by Gasteiger charge is -2.26. The smallest absolute Gasteiger partial charge is 0.247 e. The molecule has 1 aliphatic rings. The summed E-state index contributed by atoms with van der Waals surface area (Å²) < 4.78 is 0. The van der Waals surface area contributed by atoms with Crippen LogP contribution in [-0.2, 0) is 4.79 Å². The van der Waals surface area contributed by atoms with Crippen molar-refractivity contribution in [1.82, 2.24) is 0 Å². The Kier molecular flexibility index (Phi) is 3.44. The molecule has 3 rings (SSSR count). The topological polar surface area (TPSA) is 58.2 Å². The molecule has 1 atom stereocenters. The number of benzene rings is 2. The molecular formula is C17H16N2O2. The van der Waals surface area contributed by atoms with E-state index in [9.17, 15) is 9.59 Å². The third kappa shape index (κ3) is 2.79. The first-order valence-electron chi connectivity index (χ1n) is 6.90. The van der Waals surface area contributed by atoms with E-state index in [-0.39, 0.29) is 18.1 Å². The van der Waals surface area contributed by atoms with Gasteiger partial charge in [0.1, 0.15) is 6.04 Å². The first-order chi connectivity index (χ1) is 10.1. The Labute approximate surface area is 123 Å². The number of para-hydroxylation sites is 2. The fourth-order valence-electron chi connectivity index (χ4n) is 2.38. The van der Waals surface area contributed by atoms with Gasteiger partial charge in [-0.1, -0.05) is 42.0 Å². The normalized spacial score (nSPS) is 16.6. The van der Waals surface area contributed by atoms with Gasteiger partial charge in [0, 0.05) is 12.0 Å². The lowest BCUT2D eigenvalue weighted by atomic mass is 10.0. The highest BCUT2D eigenvalue weighted by Gasteiger charge is 2.27. The fourth-order valence-corrected chi connectivity index (χ4v) is 2.38. The van der Waals surface area contributed by atoms with Crippen LogP contribution in [0, 0.1) is 6.92 Å². The van der Waals surface area contributed by atoms with E-state index in [1.165, 1.54) is 0 Å². The Hall–Kier alpha value is -2.62. The zero-order valence-corrected chi connectivity index (χ0v) is 11.7. The second-order valence-electron chi connectivity index (χ2n) is 5.23. The van der Waals surface area contributed by atoms with Crippen LogP contribution in [0.2, 0.25) is 0 Å². The average molecular weight is 280 g/mol. The molecule has 0 radical (unpaired) electrons. The van der Waals surface area contributed by atoms with Crippen molar-refractivity contribution in [1.29, 1.82) is 0 Å². The van der Waals surface area contributed by atoms with Crippen molar-refractivity contribution < 1.29 is 9.59 Å². The zero-order chi connectivity index (χ0) is 14.8. The standard InChI is InChI=1S/C17H16N2O2/c1-11-6-8-12(9-7-11)16(20)10-15-17(21)19-14-5-3-2-4-13(14)18-15/h2-9,15,18H,10H2,1H3,(H,19,21). The van der Waals surface area contributed by atoms with Gasteiger partial charge in [-0.15, -0.1) is 0 Å². The van der Waals surface area contributed by atoms with E-state index >= 15 is 0 Å². The lowest BCUT2D eigenvalue weighted by Crippen LogP contribution is -2.40. The summed E-state index contributed by atoms with van der Waals surface area (Å²) in [5.74, 6) is -0.212. The van der Waals surface area contributed by atoms with E-state index < -0.39 is 6.04 Å². The summed E-state index contributed by atoms with van der Waals surface area (Å²) in [7, 11) is 0. The maximum absolute atomic E-state index is 12.3. The fraction of sp³-hybridized carbons (Fsp3) is 0.176. The van der Waals surface area contributed by atoms with Crippen LogP contribution >= 0.6 is 0 Å². The Morgan fingerprint density at radius 1 is 1.05 bits per heavy atom. The summed E-state index contributed by atoms with van der Waals surface area (Å²) in [5, 5.41) is 5.95. The highest BCUT2D eigenvalue weighted by molar-refractivity contribution is 6.07. The van der Waals surface area contributed by atoms with Crippen LogP contribution in [0.4, 0.5) is 11.4 Å². The van der Waals surface area contributed by atoms with Crippen molar-refractivity contribution in [2.24, 2.45) is 0 Å². The van der Waals surface area contributed by atoms with Crippen LogP contribution in [-0.4, -0.2) is 17.7 Å². The number of rotatable bonds is 3. The van der Waals surface area contributed by atoms with Crippen LogP contribution in [0.5, 0.6) is 0 Å². The minimum atomic E-state index is -0.534. The van der Waals surface area contributed by atoms with E-state index in [2.05, 4.69) is 10.6 Å². The SMILES string of the molecule is Cc1ccc(C(=O)CC2Nc3ccccc3NC2=O)cc1. The number of carbonyl (C=O) groups excluding carboxylic acids is 2. The third-order valence-electron chi connectivity index (χ3n) is 3.59. The molecule has 4 nitrogen and oxygen atoms in total. The molecule has 0 aromatic heterocycles. The Bertz CT molecular complexity index is 692. The van der Waals surface area contributed by atoms with Gasteiger partial charge in [0.05, 0.1) is 11.4 Å². The number of hydrogen-bond acceptors (Lipinski definition) is 3. The number of hydrogen-bond donors (Lipinski definition) is 2. The third-order valence-corrected chi connectivity index (χ3v) is 3.59. The van der Waals surface area contributed by atoms with Gasteiger partial charge >= 0.3 is 0 Å². The second kappa shape index (κ2) is 5.40. The molecule has 2 N–H and O–H groups in total. The van der Waals surface area contributed by atoms with E-state index in [1.54, 1.807) is 12.1 Å². The largest absolute Gasteiger partial charge is 0.372 e. The quantitative estimate of drug-likeness (QED) is 0.850. The van der Waals surface area contributed by atoms with Crippen LogP contribution in [0.15, 0.2) is 48.5 Å². The maximum atomic E-state index is 12.3. The molecule has 1 amide bonds. The molecule has 0 saturated carbocycles. The van der Waals surface area contributed by atoms with Crippen LogP contribution < -0.4 is 10.6 Å². The summed E-state index contributed by atoms with van der Waals surface area (Å²) >= 11 is 0. The van der Waals surface area contributed by atoms with Crippen molar-refractivity contribution in [2.45, 2.75) is 19.4 Å². The summed E-state index contributed by atoms with van der Waals surface area (Å²) in [5.41, 5.74) is 3.34. The van der Waals surface area contributed by atoms with Gasteiger partial charge in [-0.25, -0.2) is 0 Å². The summed E-state index contributed by atoms with van der Waals surface area (Å²) in [6.07, 6.45) is 0.142. The number of carbonyl (C=O) groups is 2. The molecule has 106 valence electrons. The summed E-state index contributed by atoms with van der Waals surface area (Å²) in [6.45, 7) is 1.97. The second-order valence-corrected chi connectivity index (χ2v) is 5.23. The van der Waals surface area contributed by atoms with Crippen molar-refractivity contribution in [3.05, 3.63) is 59.7 Å². The minimum absolute atomic E-state index is 0.0398. The predicted octanol–water partition coefficient (Wildman–Crippen LogP) is 3.00. The number of amides is 1. The van der Waals surface area contributed by atoms with Gasteiger partial charge in [0.15, 0.2) is 5.78 Å². The molecule has 0 aliphatic carbocycles. The molecule has 0 bridgehead atoms. The lowest BCUT2D eigenvalue weighted by molar-refractivity contribution is -0.117. The predicted molar refractivity (Wildman–Crippen MR) is 82.6 cm³/mol. The number of ketones is 1. The molecule has 0 fully saturated rings. The number of aryl methyl sites for hydroxylation is 1. The van der Waals surface area contributed by atoms with Gasteiger partial charge in [0.2, 0.25) is 5.91 Å². The number of anilines is 2. The van der Waals surface area contributed by atoms with Crippen molar-refractivity contribution >= 4 is 23.1 Å². The van der Waals surface area contributed by atoms with Crippen molar-refractivity contribution in [2.75, 3.05) is 10.6 Å². The molecule has 21 heavy (non-hydrogen) atoms. The monoisotopic (exact) mass is 280 g/mol. The molecule has 1 unspecified atom stereocenters. The van der Waals surface area contributed by atoms with Crippen molar-refractivity contribution in [3.8, 4) is 0 Å². The zero-order valence-electron chi connectivity index (χ0n) is 11.7. The van der Waals surface area contributed by atoms with Gasteiger partial charge < -0.3 is 10.6 Å². The minimum Gasteiger partial charge on any atom is -0.372 e. The van der Waals surface area contributed by atoms with Crippen LogP contribution in [0.25, 0.3) is 0 Å². The highest BCUT2D eigenvalue weighted by atomic mass is 16.2. The van der Waals surface area contributed by atoms with E-state index in [0.717, 1.165) is 16.9 Å². The Morgan fingerprint density at radius 3 is 2.43 bits per heavy atom. The molecule has 4 heteroatoms. The van der Waals surface area contributed by atoms with E-state index in [1.807, 2.05) is 43.3 Å². The molecular weight excluding hydrogens is 264 g/mol. The van der Waals surface area contributed by atoms with Crippen LogP contribution in [0.1, 0.15) is 22.3 Å². The Morgan fingerprint density at radius 2 is 1.71 bits per heavy atom. The molecule has 0 spiro atoms. The average Bonchev–Trinajstić information content (AvgIpc) is 2.48. The number of fused-ring (bicyclic) bond motifs is 1. The molecule has 0 saturated heterocycles. The van der Waals surface area contributed by atoms with Crippen molar-refractivity contribution in [3.63, 3.8) is 0 Å². The van der Waals surface area contributed by atoms with Crippen LogP contribution in [0.3, 0.4) is 0 Å². The first-order valence-corrected chi connectivity index (χ1v) is 6.90. The molecule has 2 aromatic carbocycles. The molecule has 2 aromatic rings. The maximum Gasteiger partial charge on any atom is 0.247 e. The van der Waals surface area contributed by atoms with Gasteiger partial charge in [-0.3, -0.25) is 9.59 Å². The first kappa shape index (κ1) is 13.4.